The Morgan fingerprint density at radius 2 is 1.50 bits per heavy atom. The number of nitrogens with zero attached hydrogens (tertiary/aromatic N) is 3. The van der Waals surface area contributed by atoms with E-state index in [1.54, 1.807) is 12.4 Å². The Hall–Kier alpha value is -2.25. The molecule has 122 valence electrons. The SMILES string of the molecule is CC1(C)OB(c2ccc(-c3nc4nccnc4o3)cc2)OC1(C)C. The first-order chi connectivity index (χ1) is 11.4. The molecule has 3 heterocycles. The van der Waals surface area contributed by atoms with Gasteiger partial charge in [-0.05, 0) is 45.3 Å². The zero-order valence-electron chi connectivity index (χ0n) is 14.1. The fourth-order valence-corrected chi connectivity index (χ4v) is 2.56. The van der Waals surface area contributed by atoms with Gasteiger partial charge in [0.15, 0.2) is 0 Å². The Labute approximate surface area is 140 Å². The first-order valence-electron chi connectivity index (χ1n) is 7.89. The summed E-state index contributed by atoms with van der Waals surface area (Å²) < 4.78 is 17.8. The molecular formula is C17H18BN3O3. The molecule has 6 nitrogen and oxygen atoms in total. The molecule has 7 heteroatoms. The van der Waals surface area contributed by atoms with E-state index in [2.05, 4.69) is 15.0 Å². The van der Waals surface area contributed by atoms with Crippen molar-refractivity contribution >= 4 is 23.9 Å². The summed E-state index contributed by atoms with van der Waals surface area (Å²) in [7, 11) is -0.379. The van der Waals surface area contributed by atoms with Crippen molar-refractivity contribution in [3.8, 4) is 11.5 Å². The fraction of sp³-hybridized carbons (Fsp3) is 0.353. The molecule has 0 bridgehead atoms. The lowest BCUT2D eigenvalue weighted by Crippen LogP contribution is -2.41. The van der Waals surface area contributed by atoms with Crippen molar-refractivity contribution in [3.63, 3.8) is 0 Å². The van der Waals surface area contributed by atoms with Crippen LogP contribution in [0.25, 0.3) is 22.8 Å². The molecule has 0 unspecified atom stereocenters. The third-order valence-corrected chi connectivity index (χ3v) is 4.73. The molecule has 24 heavy (non-hydrogen) atoms. The smallest absolute Gasteiger partial charge is 0.416 e. The quantitative estimate of drug-likeness (QED) is 0.675. The summed E-state index contributed by atoms with van der Waals surface area (Å²) in [6.07, 6.45) is 3.18. The Morgan fingerprint density at radius 3 is 2.12 bits per heavy atom. The van der Waals surface area contributed by atoms with Gasteiger partial charge >= 0.3 is 7.12 Å². The number of benzene rings is 1. The normalized spacial score (nSPS) is 19.1. The first kappa shape index (κ1) is 15.3. The predicted octanol–water partition coefficient (Wildman–Crippen LogP) is 2.58. The molecule has 1 aliphatic heterocycles. The van der Waals surface area contributed by atoms with Gasteiger partial charge < -0.3 is 13.7 Å². The van der Waals surface area contributed by atoms with Gasteiger partial charge in [-0.2, -0.15) is 4.98 Å². The minimum absolute atomic E-state index is 0.353. The number of rotatable bonds is 2. The van der Waals surface area contributed by atoms with Crippen molar-refractivity contribution in [1.82, 2.24) is 15.0 Å². The van der Waals surface area contributed by atoms with E-state index >= 15 is 0 Å². The van der Waals surface area contributed by atoms with Gasteiger partial charge in [0.1, 0.15) is 0 Å². The maximum absolute atomic E-state index is 6.06. The molecule has 1 fully saturated rings. The maximum atomic E-state index is 6.06. The van der Waals surface area contributed by atoms with E-state index in [1.165, 1.54) is 0 Å². The van der Waals surface area contributed by atoms with E-state index in [1.807, 2.05) is 52.0 Å². The van der Waals surface area contributed by atoms with E-state index in [9.17, 15) is 0 Å². The summed E-state index contributed by atoms with van der Waals surface area (Å²) >= 11 is 0. The molecule has 0 N–H and O–H groups in total. The molecule has 4 rings (SSSR count). The maximum Gasteiger partial charge on any atom is 0.494 e. The molecular weight excluding hydrogens is 305 g/mol. The number of oxazole rings is 1. The predicted molar refractivity (Wildman–Crippen MR) is 90.8 cm³/mol. The van der Waals surface area contributed by atoms with Crippen molar-refractivity contribution in [2.45, 2.75) is 38.9 Å². The van der Waals surface area contributed by atoms with Gasteiger partial charge in [-0.25, -0.2) is 9.97 Å². The van der Waals surface area contributed by atoms with Crippen LogP contribution in [0.4, 0.5) is 0 Å². The van der Waals surface area contributed by atoms with Crippen LogP contribution in [0.3, 0.4) is 0 Å². The summed E-state index contributed by atoms with van der Waals surface area (Å²) in [6.45, 7) is 8.17. The number of fused-ring (bicyclic) bond motifs is 1. The molecule has 1 aromatic carbocycles. The second-order valence-corrected chi connectivity index (χ2v) is 6.91. The second kappa shape index (κ2) is 5.12. The van der Waals surface area contributed by atoms with Gasteiger partial charge in [-0.3, -0.25) is 0 Å². The zero-order valence-corrected chi connectivity index (χ0v) is 14.1. The van der Waals surface area contributed by atoms with Crippen LogP contribution in [0.15, 0.2) is 41.1 Å². The molecule has 0 saturated carbocycles. The summed E-state index contributed by atoms with van der Waals surface area (Å²) in [5, 5.41) is 0. The van der Waals surface area contributed by atoms with Crippen LogP contribution in [0, 0.1) is 0 Å². The van der Waals surface area contributed by atoms with Gasteiger partial charge in [-0.15, -0.1) is 0 Å². The average molecular weight is 323 g/mol. The molecule has 0 aliphatic carbocycles. The van der Waals surface area contributed by atoms with Crippen LogP contribution >= 0.6 is 0 Å². The molecule has 1 saturated heterocycles. The van der Waals surface area contributed by atoms with Crippen LogP contribution in [0.5, 0.6) is 0 Å². The number of hydrogen-bond acceptors (Lipinski definition) is 6. The van der Waals surface area contributed by atoms with E-state index in [0.29, 0.717) is 17.3 Å². The Balaban J connectivity index is 1.61. The third kappa shape index (κ3) is 2.40. The minimum Gasteiger partial charge on any atom is -0.416 e. The monoisotopic (exact) mass is 323 g/mol. The lowest BCUT2D eigenvalue weighted by Gasteiger charge is -2.32. The van der Waals surface area contributed by atoms with Crippen molar-refractivity contribution in [3.05, 3.63) is 36.7 Å². The highest BCUT2D eigenvalue weighted by Crippen LogP contribution is 2.36. The van der Waals surface area contributed by atoms with Crippen molar-refractivity contribution in [2.75, 3.05) is 0 Å². The van der Waals surface area contributed by atoms with E-state index in [0.717, 1.165) is 11.0 Å². The van der Waals surface area contributed by atoms with Crippen LogP contribution in [0.1, 0.15) is 27.7 Å². The van der Waals surface area contributed by atoms with E-state index < -0.39 is 0 Å². The Bertz CT molecular complexity index is 840. The number of aromatic nitrogens is 3. The molecule has 0 atom stereocenters. The van der Waals surface area contributed by atoms with Gasteiger partial charge in [0.25, 0.3) is 5.71 Å². The molecule has 0 spiro atoms. The Morgan fingerprint density at radius 1 is 0.875 bits per heavy atom. The van der Waals surface area contributed by atoms with Gasteiger partial charge in [-0.1, -0.05) is 12.1 Å². The van der Waals surface area contributed by atoms with Crippen LogP contribution in [0.2, 0.25) is 0 Å². The van der Waals surface area contributed by atoms with E-state index in [-0.39, 0.29) is 18.3 Å². The van der Waals surface area contributed by atoms with Crippen molar-refractivity contribution in [2.24, 2.45) is 0 Å². The molecule has 1 aliphatic rings. The first-order valence-corrected chi connectivity index (χ1v) is 7.89. The minimum atomic E-state index is -0.379. The zero-order chi connectivity index (χ0) is 16.9. The van der Waals surface area contributed by atoms with Gasteiger partial charge in [0.2, 0.25) is 11.5 Å². The Kier molecular flexibility index (Phi) is 3.27. The largest absolute Gasteiger partial charge is 0.494 e. The standard InChI is InChI=1S/C17H18BN3O3/c1-16(2)17(3,4)24-18(23-16)12-7-5-11(6-8-12)14-21-13-15(22-14)20-10-9-19-13/h5-10H,1-4H3. The molecule has 3 aromatic rings. The van der Waals surface area contributed by atoms with Crippen LogP contribution in [-0.2, 0) is 9.31 Å². The lowest BCUT2D eigenvalue weighted by molar-refractivity contribution is 0.00578. The summed E-state index contributed by atoms with van der Waals surface area (Å²) in [6, 6.07) is 7.80. The van der Waals surface area contributed by atoms with Crippen LogP contribution in [-0.4, -0.2) is 33.3 Å². The van der Waals surface area contributed by atoms with Crippen molar-refractivity contribution < 1.29 is 13.7 Å². The lowest BCUT2D eigenvalue weighted by atomic mass is 9.79. The molecule has 0 amide bonds. The molecule has 0 radical (unpaired) electrons. The summed E-state index contributed by atoms with van der Waals surface area (Å²) in [5.74, 6) is 0.497. The van der Waals surface area contributed by atoms with Gasteiger partial charge in [0, 0.05) is 18.0 Å². The average Bonchev–Trinajstić information content (AvgIpc) is 3.06. The summed E-state index contributed by atoms with van der Waals surface area (Å²) in [4.78, 5) is 12.6. The molecule has 2 aromatic heterocycles. The van der Waals surface area contributed by atoms with E-state index in [4.69, 9.17) is 13.7 Å². The van der Waals surface area contributed by atoms with Crippen molar-refractivity contribution in [1.29, 1.82) is 0 Å². The number of hydrogen-bond donors (Lipinski definition) is 0. The second-order valence-electron chi connectivity index (χ2n) is 6.91. The highest BCUT2D eigenvalue weighted by molar-refractivity contribution is 6.62. The van der Waals surface area contributed by atoms with Gasteiger partial charge in [0.05, 0.1) is 11.2 Å². The third-order valence-electron chi connectivity index (χ3n) is 4.73. The topological polar surface area (TPSA) is 70.3 Å². The highest BCUT2D eigenvalue weighted by atomic mass is 16.7. The van der Waals surface area contributed by atoms with Crippen LogP contribution < -0.4 is 5.46 Å². The summed E-state index contributed by atoms with van der Waals surface area (Å²) in [5.41, 5.74) is 2.05. The highest BCUT2D eigenvalue weighted by Gasteiger charge is 2.51. The fourth-order valence-electron chi connectivity index (χ4n) is 2.56.